The summed E-state index contributed by atoms with van der Waals surface area (Å²) in [5.74, 6) is 0. The first-order valence-corrected chi connectivity index (χ1v) is 7.35. The molecule has 1 saturated heterocycles. The van der Waals surface area contributed by atoms with Crippen LogP contribution in [0.15, 0.2) is 0 Å². The van der Waals surface area contributed by atoms with Gasteiger partial charge in [0.2, 0.25) is 0 Å². The van der Waals surface area contributed by atoms with Crippen LogP contribution in [0.1, 0.15) is 46.0 Å². The number of nitrogens with one attached hydrogen (secondary N) is 1. The summed E-state index contributed by atoms with van der Waals surface area (Å²) >= 11 is 0. The van der Waals surface area contributed by atoms with Crippen LogP contribution in [0.25, 0.3) is 0 Å². The molecular formula is C14H28N2O. The van der Waals surface area contributed by atoms with Crippen LogP contribution in [0.5, 0.6) is 0 Å². The lowest BCUT2D eigenvalue weighted by Crippen LogP contribution is -2.46. The SMILES string of the molecule is CC1CN(CCCNC2CCCC2)CC(C)O1. The van der Waals surface area contributed by atoms with Crippen molar-refractivity contribution < 1.29 is 4.74 Å². The molecule has 0 aromatic rings. The maximum Gasteiger partial charge on any atom is 0.0678 e. The molecule has 100 valence electrons. The van der Waals surface area contributed by atoms with Gasteiger partial charge in [-0.3, -0.25) is 4.90 Å². The molecule has 1 N–H and O–H groups in total. The third kappa shape index (κ3) is 4.57. The van der Waals surface area contributed by atoms with Gasteiger partial charge in [0.1, 0.15) is 0 Å². The molecular weight excluding hydrogens is 212 g/mol. The van der Waals surface area contributed by atoms with Crippen molar-refractivity contribution in [2.24, 2.45) is 0 Å². The Balaban J connectivity index is 1.54. The first-order chi connectivity index (χ1) is 8.24. The molecule has 0 radical (unpaired) electrons. The smallest absolute Gasteiger partial charge is 0.0678 e. The Bertz CT molecular complexity index is 206. The fourth-order valence-corrected chi connectivity index (χ4v) is 3.21. The zero-order valence-electron chi connectivity index (χ0n) is 11.5. The van der Waals surface area contributed by atoms with Gasteiger partial charge < -0.3 is 10.1 Å². The molecule has 3 heteroatoms. The number of rotatable bonds is 5. The summed E-state index contributed by atoms with van der Waals surface area (Å²) in [6.07, 6.45) is 7.72. The van der Waals surface area contributed by atoms with E-state index in [4.69, 9.17) is 4.74 Å². The van der Waals surface area contributed by atoms with E-state index in [1.807, 2.05) is 0 Å². The molecule has 2 fully saturated rings. The Morgan fingerprint density at radius 2 is 1.76 bits per heavy atom. The van der Waals surface area contributed by atoms with Crippen LogP contribution in [-0.2, 0) is 4.74 Å². The molecule has 0 amide bonds. The Morgan fingerprint density at radius 3 is 2.41 bits per heavy atom. The van der Waals surface area contributed by atoms with Crippen molar-refractivity contribution in [3.8, 4) is 0 Å². The molecule has 1 heterocycles. The summed E-state index contributed by atoms with van der Waals surface area (Å²) < 4.78 is 5.75. The zero-order valence-corrected chi connectivity index (χ0v) is 11.5. The Hall–Kier alpha value is -0.120. The Labute approximate surface area is 106 Å². The highest BCUT2D eigenvalue weighted by Gasteiger charge is 2.21. The van der Waals surface area contributed by atoms with Crippen LogP contribution in [0, 0.1) is 0 Å². The minimum Gasteiger partial charge on any atom is -0.373 e. The first-order valence-electron chi connectivity index (χ1n) is 7.35. The highest BCUT2D eigenvalue weighted by Crippen LogP contribution is 2.17. The number of ether oxygens (including phenoxy) is 1. The fraction of sp³-hybridized carbons (Fsp3) is 1.00. The van der Waals surface area contributed by atoms with E-state index < -0.39 is 0 Å². The van der Waals surface area contributed by atoms with Crippen LogP contribution in [0.4, 0.5) is 0 Å². The molecule has 0 aromatic carbocycles. The second kappa shape index (κ2) is 6.72. The average Bonchev–Trinajstić information content (AvgIpc) is 2.76. The average molecular weight is 240 g/mol. The van der Waals surface area contributed by atoms with Gasteiger partial charge in [-0.15, -0.1) is 0 Å². The van der Waals surface area contributed by atoms with Crippen LogP contribution < -0.4 is 5.32 Å². The molecule has 1 saturated carbocycles. The minimum absolute atomic E-state index is 0.404. The third-order valence-electron chi connectivity index (χ3n) is 3.93. The van der Waals surface area contributed by atoms with Crippen LogP contribution in [0.2, 0.25) is 0 Å². The van der Waals surface area contributed by atoms with Gasteiger partial charge in [-0.25, -0.2) is 0 Å². The summed E-state index contributed by atoms with van der Waals surface area (Å²) in [5.41, 5.74) is 0. The number of nitrogens with zero attached hydrogens (tertiary/aromatic N) is 1. The molecule has 2 unspecified atom stereocenters. The minimum atomic E-state index is 0.404. The Morgan fingerprint density at radius 1 is 1.12 bits per heavy atom. The van der Waals surface area contributed by atoms with E-state index in [2.05, 4.69) is 24.1 Å². The molecule has 17 heavy (non-hydrogen) atoms. The molecule has 0 bridgehead atoms. The maximum absolute atomic E-state index is 5.75. The normalized spacial score (nSPS) is 32.1. The summed E-state index contributed by atoms with van der Waals surface area (Å²) in [4.78, 5) is 2.55. The third-order valence-corrected chi connectivity index (χ3v) is 3.93. The molecule has 2 atom stereocenters. The van der Waals surface area contributed by atoms with E-state index in [0.717, 1.165) is 19.1 Å². The molecule has 2 rings (SSSR count). The predicted molar refractivity (Wildman–Crippen MR) is 71.3 cm³/mol. The van der Waals surface area contributed by atoms with E-state index in [-0.39, 0.29) is 0 Å². The van der Waals surface area contributed by atoms with Gasteiger partial charge >= 0.3 is 0 Å². The van der Waals surface area contributed by atoms with Gasteiger partial charge in [0.15, 0.2) is 0 Å². The second-order valence-electron chi connectivity index (χ2n) is 5.81. The monoisotopic (exact) mass is 240 g/mol. The van der Waals surface area contributed by atoms with Crippen LogP contribution in [0.3, 0.4) is 0 Å². The van der Waals surface area contributed by atoms with Crippen molar-refractivity contribution in [1.29, 1.82) is 0 Å². The number of hydrogen-bond donors (Lipinski definition) is 1. The van der Waals surface area contributed by atoms with Crippen molar-refractivity contribution in [3.63, 3.8) is 0 Å². The topological polar surface area (TPSA) is 24.5 Å². The molecule has 1 aliphatic heterocycles. The predicted octanol–water partition coefficient (Wildman–Crippen LogP) is 2.02. The van der Waals surface area contributed by atoms with Crippen LogP contribution in [-0.4, -0.2) is 49.3 Å². The lowest BCUT2D eigenvalue weighted by Gasteiger charge is -2.35. The lowest BCUT2D eigenvalue weighted by atomic mass is 10.2. The maximum atomic E-state index is 5.75. The molecule has 0 spiro atoms. The Kier molecular flexibility index (Phi) is 5.26. The largest absolute Gasteiger partial charge is 0.373 e. The molecule has 2 aliphatic rings. The quantitative estimate of drug-likeness (QED) is 0.744. The van der Waals surface area contributed by atoms with Gasteiger partial charge in [-0.2, -0.15) is 0 Å². The number of morpholine rings is 1. The van der Waals surface area contributed by atoms with Gasteiger partial charge in [-0.1, -0.05) is 12.8 Å². The molecule has 3 nitrogen and oxygen atoms in total. The highest BCUT2D eigenvalue weighted by molar-refractivity contribution is 4.75. The second-order valence-corrected chi connectivity index (χ2v) is 5.81. The van der Waals surface area contributed by atoms with Crippen molar-refractivity contribution in [2.75, 3.05) is 26.2 Å². The standard InChI is InChI=1S/C14H28N2O/c1-12-10-16(11-13(2)17-12)9-5-8-15-14-6-3-4-7-14/h12-15H,3-11H2,1-2H3. The highest BCUT2D eigenvalue weighted by atomic mass is 16.5. The van der Waals surface area contributed by atoms with E-state index in [1.54, 1.807) is 0 Å². The zero-order chi connectivity index (χ0) is 12.1. The molecule has 0 aromatic heterocycles. The van der Waals surface area contributed by atoms with Gasteiger partial charge in [0, 0.05) is 19.1 Å². The summed E-state index contributed by atoms with van der Waals surface area (Å²) in [6, 6.07) is 0.817. The van der Waals surface area contributed by atoms with E-state index >= 15 is 0 Å². The number of hydrogen-bond acceptors (Lipinski definition) is 3. The van der Waals surface area contributed by atoms with E-state index in [0.29, 0.717) is 12.2 Å². The van der Waals surface area contributed by atoms with Crippen molar-refractivity contribution in [3.05, 3.63) is 0 Å². The van der Waals surface area contributed by atoms with E-state index in [1.165, 1.54) is 45.2 Å². The molecule has 1 aliphatic carbocycles. The lowest BCUT2D eigenvalue weighted by molar-refractivity contribution is -0.0680. The van der Waals surface area contributed by atoms with Crippen molar-refractivity contribution in [2.45, 2.75) is 64.2 Å². The van der Waals surface area contributed by atoms with Gasteiger partial charge in [0.25, 0.3) is 0 Å². The fourth-order valence-electron chi connectivity index (χ4n) is 3.21. The summed E-state index contributed by atoms with van der Waals surface area (Å²) in [7, 11) is 0. The van der Waals surface area contributed by atoms with Crippen molar-refractivity contribution in [1.82, 2.24) is 10.2 Å². The van der Waals surface area contributed by atoms with Gasteiger partial charge in [0.05, 0.1) is 12.2 Å². The van der Waals surface area contributed by atoms with Crippen LogP contribution >= 0.6 is 0 Å². The van der Waals surface area contributed by atoms with Crippen molar-refractivity contribution >= 4 is 0 Å². The first kappa shape index (κ1) is 13.3. The summed E-state index contributed by atoms with van der Waals surface area (Å²) in [5, 5.41) is 3.69. The van der Waals surface area contributed by atoms with Gasteiger partial charge in [-0.05, 0) is 46.2 Å². The summed E-state index contributed by atoms with van der Waals surface area (Å²) in [6.45, 7) is 8.98. The van der Waals surface area contributed by atoms with E-state index in [9.17, 15) is 0 Å².